The van der Waals surface area contributed by atoms with Gasteiger partial charge in [-0.25, -0.2) is 24.9 Å². The van der Waals surface area contributed by atoms with Crippen LogP contribution in [0.15, 0.2) is 268 Å². The summed E-state index contributed by atoms with van der Waals surface area (Å²) in [5.41, 5.74) is 16.2. The Balaban J connectivity index is 0.000000124. The number of aryl methyl sites for hydroxylation is 3. The summed E-state index contributed by atoms with van der Waals surface area (Å²) in [6, 6.07) is 82.8. The number of rotatable bonds is 30. The molecule has 0 radical (unpaired) electrons. The van der Waals surface area contributed by atoms with E-state index in [0.717, 1.165) is 123 Å². The minimum absolute atomic E-state index is 0.0144. The van der Waals surface area contributed by atoms with Crippen LogP contribution < -0.4 is 0 Å². The first-order valence-corrected chi connectivity index (χ1v) is 51.2. The van der Waals surface area contributed by atoms with Crippen molar-refractivity contribution in [1.82, 2.24) is 72.3 Å². The maximum atomic E-state index is 13.2. The number of hydrogen-bond donors (Lipinski definition) is 0. The number of imidazole rings is 5. The highest BCUT2D eigenvalue weighted by Gasteiger charge is 2.33. The molecule has 0 saturated heterocycles. The van der Waals surface area contributed by atoms with E-state index >= 15 is 0 Å². The summed E-state index contributed by atoms with van der Waals surface area (Å²) < 4.78 is 12.0. The summed E-state index contributed by atoms with van der Waals surface area (Å²) in [5.74, 6) is 5.33. The molecule has 20 rings (SSSR count). The fourth-order valence-electron chi connectivity index (χ4n) is 21.2. The number of fused-ring (bicyclic) bond motifs is 5. The second-order valence-corrected chi connectivity index (χ2v) is 38.9. The summed E-state index contributed by atoms with van der Waals surface area (Å²) in [6.07, 6.45) is 31.0. The lowest BCUT2D eigenvalue weighted by molar-refractivity contribution is 0.0729. The molecule has 0 aliphatic heterocycles. The van der Waals surface area contributed by atoms with E-state index in [1.54, 1.807) is 23.5 Å². The van der Waals surface area contributed by atoms with Gasteiger partial charge in [0.1, 0.15) is 29.1 Å². The Kier molecular flexibility index (Phi) is 33.3. The van der Waals surface area contributed by atoms with Crippen LogP contribution in [0.5, 0.6) is 0 Å². The molecule has 137 heavy (non-hydrogen) atoms. The van der Waals surface area contributed by atoms with Crippen molar-refractivity contribution in [2.45, 2.75) is 252 Å². The standard InChI is InChI=1S/C24H29N3O.C24H27N3O.C23H27N3O.C23H25N3O.C22H27N3OS/c2*1-3-15-26(24(28)19-10-8-9-18(2)16-19)17-23-25-21-13-6-7-14-22(21)27(23)20-11-4-5-12-20;2*1-2-16-25(23(27)18-10-4-3-5-11-18)17-22-24-20-14-8-9-15-21(20)26(22)19-12-6-7-13-19;1-3-14-24(22(26)20-13-12-16(2)27-20)15-21-23-18-10-6-7-11-19(18)25(21)17-8-4-5-9-17/h6-10,13-14,16,20H,3-5,11-12,15,17H2,1-2H3;3,6-10,13-14,16,20H,1,4-5,11-12,15,17H2,2H3;3-5,8-11,14-15,19H,2,6-7,12-13,16-17H2,1H3;2-5,8-11,14-15,19H,1,6-7,12-13,16-17H2;6-7,10-13,17H,3-5,8-9,14-15H2,1-2H3. The number of carbonyl (C=O) groups excluding carboxylic acids is 5. The molecule has 5 amide bonds. The first-order chi connectivity index (χ1) is 67.1. The first kappa shape index (κ1) is 97.0. The molecule has 21 heteroatoms. The summed E-state index contributed by atoms with van der Waals surface area (Å²) in [6.45, 7) is 26.1. The van der Waals surface area contributed by atoms with Gasteiger partial charge < -0.3 is 47.3 Å². The first-order valence-electron chi connectivity index (χ1n) is 50.3. The van der Waals surface area contributed by atoms with Gasteiger partial charge in [-0.05, 0) is 226 Å². The lowest BCUT2D eigenvalue weighted by atomic mass is 10.1. The van der Waals surface area contributed by atoms with Crippen molar-refractivity contribution >= 4 is 96.0 Å². The molecule has 5 aliphatic rings. The second kappa shape index (κ2) is 47.1. The highest BCUT2D eigenvalue weighted by molar-refractivity contribution is 7.13. The molecule has 5 fully saturated rings. The number of nitrogens with zero attached hydrogens (tertiary/aromatic N) is 15. The average Bonchev–Trinajstić information content (AvgIpc) is 1.65. The zero-order valence-corrected chi connectivity index (χ0v) is 81.9. The quantitative estimate of drug-likeness (QED) is 0.0392. The number of benzene rings is 9. The third-order valence-electron chi connectivity index (χ3n) is 27.6. The van der Waals surface area contributed by atoms with E-state index in [0.29, 0.717) is 87.1 Å². The minimum atomic E-state index is 0.0144. The van der Waals surface area contributed by atoms with Crippen LogP contribution >= 0.6 is 11.3 Å². The van der Waals surface area contributed by atoms with Gasteiger partial charge in [0.05, 0.1) is 92.8 Å². The predicted octanol–water partition coefficient (Wildman–Crippen LogP) is 26.6. The molecule has 5 saturated carbocycles. The molecule has 6 heterocycles. The molecule has 0 spiro atoms. The Hall–Kier alpha value is -13.1. The van der Waals surface area contributed by atoms with Crippen molar-refractivity contribution in [3.05, 3.63) is 340 Å². The lowest BCUT2D eigenvalue weighted by Gasteiger charge is -2.24. The number of carbonyl (C=O) groups is 5. The number of para-hydroxylation sites is 10. The molecule has 0 unspecified atom stereocenters. The monoisotopic (exact) mass is 1850 g/mol. The largest absolute Gasteiger partial charge is 0.331 e. The van der Waals surface area contributed by atoms with Crippen molar-refractivity contribution < 1.29 is 24.0 Å². The van der Waals surface area contributed by atoms with E-state index < -0.39 is 0 Å². The van der Waals surface area contributed by atoms with Crippen molar-refractivity contribution in [2.24, 2.45) is 0 Å². The summed E-state index contributed by atoms with van der Waals surface area (Å²) in [5, 5.41) is 0. The zero-order chi connectivity index (χ0) is 95.1. The Bertz CT molecular complexity index is 6580. The maximum absolute atomic E-state index is 13.2. The molecule has 0 bridgehead atoms. The number of amides is 5. The predicted molar refractivity (Wildman–Crippen MR) is 555 cm³/mol. The van der Waals surface area contributed by atoms with Crippen LogP contribution in [0.4, 0.5) is 0 Å². The summed E-state index contributed by atoms with van der Waals surface area (Å²) in [4.78, 5) is 102. The van der Waals surface area contributed by atoms with Crippen LogP contribution in [0.1, 0.15) is 295 Å². The molecule has 20 nitrogen and oxygen atoms in total. The molecule has 15 aromatic rings. The topological polar surface area (TPSA) is 191 Å². The lowest BCUT2D eigenvalue weighted by Crippen LogP contribution is -2.32. The molecule has 0 atom stereocenters. The number of hydrogen-bond acceptors (Lipinski definition) is 11. The Morgan fingerprint density at radius 3 is 0.803 bits per heavy atom. The molecule has 5 aliphatic carbocycles. The smallest absolute Gasteiger partial charge is 0.264 e. The number of thiophene rings is 1. The van der Waals surface area contributed by atoms with Gasteiger partial charge >= 0.3 is 0 Å². The van der Waals surface area contributed by atoms with Crippen LogP contribution in [0, 0.1) is 20.8 Å². The minimum Gasteiger partial charge on any atom is -0.331 e. The maximum Gasteiger partial charge on any atom is 0.264 e. The Morgan fingerprint density at radius 1 is 0.299 bits per heavy atom. The van der Waals surface area contributed by atoms with Crippen LogP contribution in [-0.4, -0.2) is 135 Å². The third-order valence-corrected chi connectivity index (χ3v) is 28.6. The SMILES string of the molecule is C=CCN(Cc1nc2ccccc2n1C1CCCC1)C(=O)c1cccc(C)c1.C=CCN(Cc1nc2ccccc2n1C1CCCC1)C(=O)c1ccccc1.CCCN(Cc1nc2ccccc2n1C1CCCC1)C(=O)c1ccc(C)s1.CCCN(Cc1nc2ccccc2n1C1CCCC1)C(=O)c1cccc(C)c1.CCCN(Cc1nc2ccccc2n1C1CCCC1)C(=O)c1ccccc1. The summed E-state index contributed by atoms with van der Waals surface area (Å²) in [7, 11) is 0. The van der Waals surface area contributed by atoms with E-state index in [-0.39, 0.29) is 29.5 Å². The summed E-state index contributed by atoms with van der Waals surface area (Å²) >= 11 is 1.58. The molecular weight excluding hydrogens is 1720 g/mol. The van der Waals surface area contributed by atoms with Gasteiger partial charge in [-0.2, -0.15) is 0 Å². The number of aromatic nitrogens is 10. The fraction of sp³-hybridized carbons (Fsp3) is 0.379. The van der Waals surface area contributed by atoms with Gasteiger partial charge in [0.2, 0.25) is 0 Å². The van der Waals surface area contributed by atoms with Gasteiger partial charge in [-0.3, -0.25) is 24.0 Å². The molecule has 710 valence electrons. The van der Waals surface area contributed by atoms with Crippen LogP contribution in [-0.2, 0) is 32.7 Å². The Morgan fingerprint density at radius 2 is 0.540 bits per heavy atom. The van der Waals surface area contributed by atoms with Gasteiger partial charge in [0.25, 0.3) is 29.5 Å². The van der Waals surface area contributed by atoms with Crippen LogP contribution in [0.25, 0.3) is 55.2 Å². The molecular formula is C116H135N15O5S. The van der Waals surface area contributed by atoms with E-state index in [9.17, 15) is 24.0 Å². The van der Waals surface area contributed by atoms with Crippen molar-refractivity contribution in [1.29, 1.82) is 0 Å². The van der Waals surface area contributed by atoms with Crippen molar-refractivity contribution in [3.8, 4) is 0 Å². The van der Waals surface area contributed by atoms with E-state index in [2.05, 4.69) is 148 Å². The highest BCUT2D eigenvalue weighted by Crippen LogP contribution is 2.41. The zero-order valence-electron chi connectivity index (χ0n) is 81.0. The average molecular weight is 1850 g/mol. The van der Waals surface area contributed by atoms with E-state index in [4.69, 9.17) is 24.9 Å². The molecule has 0 N–H and O–H groups in total. The van der Waals surface area contributed by atoms with Gasteiger partial charge in [0, 0.05) is 90.1 Å². The highest BCUT2D eigenvalue weighted by atomic mass is 32.1. The van der Waals surface area contributed by atoms with E-state index in [1.165, 1.54) is 161 Å². The van der Waals surface area contributed by atoms with Gasteiger partial charge in [-0.1, -0.05) is 230 Å². The second-order valence-electron chi connectivity index (χ2n) is 37.6. The molecule has 6 aromatic heterocycles. The third kappa shape index (κ3) is 23.4. The van der Waals surface area contributed by atoms with Crippen molar-refractivity contribution in [2.75, 3.05) is 32.7 Å². The van der Waals surface area contributed by atoms with E-state index in [1.807, 2.05) is 197 Å². The van der Waals surface area contributed by atoms with Gasteiger partial charge in [0.15, 0.2) is 0 Å². The normalized spacial score (nSPS) is 14.6. The van der Waals surface area contributed by atoms with Crippen LogP contribution in [0.2, 0.25) is 0 Å². The Labute approximate surface area is 812 Å². The molecule has 9 aromatic carbocycles. The van der Waals surface area contributed by atoms with Gasteiger partial charge in [-0.15, -0.1) is 24.5 Å². The van der Waals surface area contributed by atoms with Crippen LogP contribution in [0.3, 0.4) is 0 Å². The van der Waals surface area contributed by atoms with Crippen molar-refractivity contribution in [3.63, 3.8) is 0 Å². The fourth-order valence-corrected chi connectivity index (χ4v) is 22.0.